The number of carbonyl (C=O) groups is 2. The van der Waals surface area contributed by atoms with Gasteiger partial charge in [0.2, 0.25) is 5.91 Å². The van der Waals surface area contributed by atoms with E-state index in [9.17, 15) is 9.59 Å². The lowest BCUT2D eigenvalue weighted by atomic mass is 9.87. The zero-order valence-corrected chi connectivity index (χ0v) is 13.4. The molecule has 1 rings (SSSR count). The van der Waals surface area contributed by atoms with Crippen molar-refractivity contribution in [1.29, 1.82) is 0 Å². The van der Waals surface area contributed by atoms with Crippen molar-refractivity contribution >= 4 is 23.5 Å². The van der Waals surface area contributed by atoms with Crippen LogP contribution in [0.5, 0.6) is 0 Å². The van der Waals surface area contributed by atoms with Gasteiger partial charge in [-0.3, -0.25) is 9.59 Å². The monoisotopic (exact) mass is 311 g/mol. The third-order valence-corrected chi connectivity index (χ3v) is 3.57. The van der Waals surface area contributed by atoms with Gasteiger partial charge in [0.25, 0.3) is 0 Å². The number of hydrogen-bond acceptors (Lipinski definition) is 2. The molecule has 0 heterocycles. The first-order valence-corrected chi connectivity index (χ1v) is 7.46. The fourth-order valence-electron chi connectivity index (χ4n) is 2.28. The van der Waals surface area contributed by atoms with E-state index in [-0.39, 0.29) is 30.2 Å². The van der Waals surface area contributed by atoms with Gasteiger partial charge >= 0.3 is 5.97 Å². The molecule has 0 saturated carbocycles. The maximum atomic E-state index is 12.4. The van der Waals surface area contributed by atoms with Crippen molar-refractivity contribution in [2.45, 2.75) is 45.6 Å². The first-order valence-electron chi connectivity index (χ1n) is 7.09. The molecule has 0 aliphatic carbocycles. The van der Waals surface area contributed by atoms with Crippen LogP contribution in [0.25, 0.3) is 0 Å². The summed E-state index contributed by atoms with van der Waals surface area (Å²) in [6, 6.07) is 7.12. The van der Waals surface area contributed by atoms with Crippen LogP contribution in [-0.2, 0) is 9.59 Å². The van der Waals surface area contributed by atoms with Gasteiger partial charge in [-0.25, -0.2) is 0 Å². The molecule has 0 fully saturated rings. The second kappa shape index (κ2) is 8.03. The highest BCUT2D eigenvalue weighted by Crippen LogP contribution is 2.27. The lowest BCUT2D eigenvalue weighted by Crippen LogP contribution is -2.38. The zero-order valence-electron chi connectivity index (χ0n) is 12.6. The number of aliphatic carboxylic acids is 1. The molecule has 116 valence electrons. The fraction of sp³-hybridized carbons (Fsp3) is 0.500. The van der Waals surface area contributed by atoms with E-state index in [2.05, 4.69) is 5.32 Å². The van der Waals surface area contributed by atoms with Crippen LogP contribution in [0.1, 0.15) is 45.1 Å². The van der Waals surface area contributed by atoms with Crippen molar-refractivity contribution < 1.29 is 14.7 Å². The van der Waals surface area contributed by atoms with Gasteiger partial charge in [0.1, 0.15) is 0 Å². The first-order chi connectivity index (χ1) is 9.81. The van der Waals surface area contributed by atoms with Crippen LogP contribution in [0.3, 0.4) is 0 Å². The van der Waals surface area contributed by atoms with Crippen molar-refractivity contribution in [3.8, 4) is 0 Å². The molecule has 1 amide bonds. The van der Waals surface area contributed by atoms with E-state index in [1.807, 2.05) is 32.9 Å². The Labute approximate surface area is 130 Å². The second-order valence-electron chi connectivity index (χ2n) is 5.62. The Balaban J connectivity index is 2.77. The minimum Gasteiger partial charge on any atom is -0.481 e. The number of carboxylic acid groups (broad SMARTS) is 1. The molecule has 0 aliphatic rings. The van der Waals surface area contributed by atoms with E-state index >= 15 is 0 Å². The number of nitrogens with one attached hydrogen (secondary N) is 1. The summed E-state index contributed by atoms with van der Waals surface area (Å²) < 4.78 is 0. The highest BCUT2D eigenvalue weighted by Gasteiger charge is 2.25. The minimum absolute atomic E-state index is 0.0466. The van der Waals surface area contributed by atoms with Gasteiger partial charge in [-0.2, -0.15) is 0 Å². The molecule has 2 unspecified atom stereocenters. The molecule has 0 radical (unpaired) electrons. The molecule has 0 spiro atoms. The number of hydrogen-bond donors (Lipinski definition) is 2. The molecule has 2 N–H and O–H groups in total. The van der Waals surface area contributed by atoms with Gasteiger partial charge < -0.3 is 10.4 Å². The van der Waals surface area contributed by atoms with Crippen LogP contribution in [-0.4, -0.2) is 23.0 Å². The fourth-order valence-corrected chi connectivity index (χ4v) is 2.48. The van der Waals surface area contributed by atoms with E-state index in [1.54, 1.807) is 12.1 Å². The Hall–Kier alpha value is -1.55. The van der Waals surface area contributed by atoms with E-state index in [0.29, 0.717) is 11.4 Å². The molecule has 1 aromatic rings. The lowest BCUT2D eigenvalue weighted by molar-refractivity contribution is -0.137. The normalized spacial score (nSPS) is 13.8. The molecule has 1 aromatic carbocycles. The Morgan fingerprint density at radius 2 is 1.95 bits per heavy atom. The number of halogens is 1. The highest BCUT2D eigenvalue weighted by atomic mass is 35.5. The van der Waals surface area contributed by atoms with Gasteiger partial charge in [0.15, 0.2) is 0 Å². The molecule has 2 atom stereocenters. The molecule has 0 saturated heterocycles. The lowest BCUT2D eigenvalue weighted by Gasteiger charge is -2.23. The average molecular weight is 312 g/mol. The number of rotatable bonds is 7. The third-order valence-electron chi connectivity index (χ3n) is 3.34. The van der Waals surface area contributed by atoms with Gasteiger partial charge in [0.05, 0.1) is 5.92 Å². The van der Waals surface area contributed by atoms with Crippen LogP contribution >= 0.6 is 11.6 Å². The summed E-state index contributed by atoms with van der Waals surface area (Å²) >= 11 is 5.99. The SMILES string of the molecule is CC(CCC(=O)O)NC(=O)C(c1cccc(Cl)c1)C(C)C. The van der Waals surface area contributed by atoms with Gasteiger partial charge in [-0.05, 0) is 37.0 Å². The summed E-state index contributed by atoms with van der Waals surface area (Å²) in [5.74, 6) is -1.12. The predicted octanol–water partition coefficient (Wildman–Crippen LogP) is 3.45. The van der Waals surface area contributed by atoms with Crippen LogP contribution in [0, 0.1) is 5.92 Å². The Bertz CT molecular complexity index is 502. The van der Waals surface area contributed by atoms with Crippen molar-refractivity contribution in [3.63, 3.8) is 0 Å². The number of carbonyl (C=O) groups excluding carboxylic acids is 1. The van der Waals surface area contributed by atoms with Gasteiger partial charge in [-0.1, -0.05) is 37.6 Å². The van der Waals surface area contributed by atoms with E-state index in [0.717, 1.165) is 5.56 Å². The van der Waals surface area contributed by atoms with Crippen molar-refractivity contribution in [2.75, 3.05) is 0 Å². The average Bonchev–Trinajstić information content (AvgIpc) is 2.36. The smallest absolute Gasteiger partial charge is 0.303 e. The van der Waals surface area contributed by atoms with Crippen LogP contribution in [0.2, 0.25) is 5.02 Å². The zero-order chi connectivity index (χ0) is 16.0. The summed E-state index contributed by atoms with van der Waals surface area (Å²) in [5, 5.41) is 12.2. The predicted molar refractivity (Wildman–Crippen MR) is 83.5 cm³/mol. The molecular weight excluding hydrogens is 290 g/mol. The molecule has 5 heteroatoms. The number of amides is 1. The summed E-state index contributed by atoms with van der Waals surface area (Å²) in [6.45, 7) is 5.77. The van der Waals surface area contributed by atoms with Crippen molar-refractivity contribution in [1.82, 2.24) is 5.32 Å². The summed E-state index contributed by atoms with van der Waals surface area (Å²) in [4.78, 5) is 23.0. The quantitative estimate of drug-likeness (QED) is 0.810. The standard InChI is InChI=1S/C16H22ClNO3/c1-10(2)15(12-5-4-6-13(17)9-12)16(21)18-11(3)7-8-14(19)20/h4-6,9-11,15H,7-8H2,1-3H3,(H,18,21)(H,19,20). The Kier molecular flexibility index (Phi) is 6.69. The van der Waals surface area contributed by atoms with Crippen LogP contribution < -0.4 is 5.32 Å². The van der Waals surface area contributed by atoms with Gasteiger partial charge in [-0.15, -0.1) is 0 Å². The molecule has 0 aliphatic heterocycles. The van der Waals surface area contributed by atoms with Crippen molar-refractivity contribution in [3.05, 3.63) is 34.9 Å². The van der Waals surface area contributed by atoms with Gasteiger partial charge in [0, 0.05) is 17.5 Å². The molecule has 0 bridgehead atoms. The minimum atomic E-state index is -0.855. The highest BCUT2D eigenvalue weighted by molar-refractivity contribution is 6.30. The molecule has 0 aromatic heterocycles. The van der Waals surface area contributed by atoms with E-state index in [1.165, 1.54) is 0 Å². The van der Waals surface area contributed by atoms with Crippen LogP contribution in [0.4, 0.5) is 0 Å². The maximum absolute atomic E-state index is 12.4. The Morgan fingerprint density at radius 1 is 1.29 bits per heavy atom. The summed E-state index contributed by atoms with van der Waals surface area (Å²) in [6.07, 6.45) is 0.465. The van der Waals surface area contributed by atoms with E-state index in [4.69, 9.17) is 16.7 Å². The van der Waals surface area contributed by atoms with E-state index < -0.39 is 5.97 Å². The molecule has 4 nitrogen and oxygen atoms in total. The number of benzene rings is 1. The first kappa shape index (κ1) is 17.5. The number of carboxylic acids is 1. The summed E-state index contributed by atoms with van der Waals surface area (Å²) in [5.41, 5.74) is 0.875. The maximum Gasteiger partial charge on any atom is 0.303 e. The topological polar surface area (TPSA) is 66.4 Å². The van der Waals surface area contributed by atoms with Crippen molar-refractivity contribution in [2.24, 2.45) is 5.92 Å². The second-order valence-corrected chi connectivity index (χ2v) is 6.06. The van der Waals surface area contributed by atoms with Crippen LogP contribution in [0.15, 0.2) is 24.3 Å². The third kappa shape index (κ3) is 5.76. The molecular formula is C16H22ClNO3. The largest absolute Gasteiger partial charge is 0.481 e. The Morgan fingerprint density at radius 3 is 2.48 bits per heavy atom. The molecule has 21 heavy (non-hydrogen) atoms. The summed E-state index contributed by atoms with van der Waals surface area (Å²) in [7, 11) is 0.